The van der Waals surface area contributed by atoms with E-state index in [1.54, 1.807) is 18.0 Å². The number of aryl methyl sites for hydroxylation is 2. The van der Waals surface area contributed by atoms with Crippen LogP contribution in [0.15, 0.2) is 47.4 Å². The number of benzene rings is 2. The fourth-order valence-corrected chi connectivity index (χ4v) is 6.95. The third-order valence-corrected chi connectivity index (χ3v) is 9.43. The first-order valence-electron chi connectivity index (χ1n) is 12.3. The molecule has 2 amide bonds. The summed E-state index contributed by atoms with van der Waals surface area (Å²) in [5.41, 5.74) is 4.64. The monoisotopic (exact) mass is 496 g/mol. The Morgan fingerprint density at radius 3 is 2.40 bits per heavy atom. The number of nitrogens with one attached hydrogen (secondary N) is 1. The van der Waals surface area contributed by atoms with Crippen LogP contribution >= 0.6 is 0 Å². The maximum atomic E-state index is 13.2. The number of likely N-dealkylation sites (N-methyl/N-ethyl adjacent to an activating group) is 1. The van der Waals surface area contributed by atoms with Crippen LogP contribution in [0.3, 0.4) is 0 Å². The van der Waals surface area contributed by atoms with Crippen molar-refractivity contribution in [3.8, 4) is 0 Å². The molecular weight excluding hydrogens is 464 g/mol. The minimum absolute atomic E-state index is 0.0761. The number of sulfonamides is 1. The predicted octanol–water partition coefficient (Wildman–Crippen LogP) is 1.18. The van der Waals surface area contributed by atoms with Crippen LogP contribution in [0, 0.1) is 0 Å². The second kappa shape index (κ2) is 9.72. The summed E-state index contributed by atoms with van der Waals surface area (Å²) in [7, 11) is -1.97. The number of carbonyl (C=O) groups excluding carboxylic acids is 2. The van der Waals surface area contributed by atoms with Crippen molar-refractivity contribution < 1.29 is 18.0 Å². The first-order chi connectivity index (χ1) is 16.9. The van der Waals surface area contributed by atoms with Crippen LogP contribution in [0.2, 0.25) is 0 Å². The molecule has 1 saturated heterocycles. The van der Waals surface area contributed by atoms with E-state index in [9.17, 15) is 18.0 Å². The van der Waals surface area contributed by atoms with Gasteiger partial charge in [0.1, 0.15) is 0 Å². The molecule has 0 spiro atoms. The van der Waals surface area contributed by atoms with Crippen LogP contribution in [0.4, 0.5) is 0 Å². The number of hydrogen-bond acceptors (Lipinski definition) is 5. The normalized spacial score (nSPS) is 20.8. The van der Waals surface area contributed by atoms with E-state index < -0.39 is 16.1 Å². The molecule has 0 bridgehead atoms. The van der Waals surface area contributed by atoms with Gasteiger partial charge in [-0.1, -0.05) is 30.3 Å². The number of rotatable bonds is 5. The number of piperazine rings is 1. The SMILES string of the molecule is CNC(=O)[C@H]1Cc2ccccc2CN1CC(=O)N1CCN(S(=O)(=O)c2ccc3c(c2)CCC3)CC1. The number of nitrogens with zero attached hydrogens (tertiary/aromatic N) is 3. The quantitative estimate of drug-likeness (QED) is 0.672. The van der Waals surface area contributed by atoms with Gasteiger partial charge >= 0.3 is 0 Å². The summed E-state index contributed by atoms with van der Waals surface area (Å²) in [5, 5.41) is 2.72. The maximum Gasteiger partial charge on any atom is 0.243 e. The van der Waals surface area contributed by atoms with Crippen LogP contribution in [0.25, 0.3) is 0 Å². The lowest BCUT2D eigenvalue weighted by atomic mass is 9.93. The molecule has 0 saturated carbocycles. The van der Waals surface area contributed by atoms with Crippen LogP contribution in [-0.2, 0) is 45.4 Å². The summed E-state index contributed by atoms with van der Waals surface area (Å²) < 4.78 is 27.9. The fourth-order valence-electron chi connectivity index (χ4n) is 5.48. The van der Waals surface area contributed by atoms with Gasteiger partial charge in [-0.15, -0.1) is 0 Å². The van der Waals surface area contributed by atoms with Crippen molar-refractivity contribution in [2.75, 3.05) is 39.8 Å². The van der Waals surface area contributed by atoms with Gasteiger partial charge in [0, 0.05) is 39.8 Å². The average molecular weight is 497 g/mol. The minimum Gasteiger partial charge on any atom is -0.358 e. The highest BCUT2D eigenvalue weighted by atomic mass is 32.2. The third-order valence-electron chi connectivity index (χ3n) is 7.53. The number of hydrogen-bond donors (Lipinski definition) is 1. The topological polar surface area (TPSA) is 90.0 Å². The molecular formula is C26H32N4O4S. The van der Waals surface area contributed by atoms with E-state index in [2.05, 4.69) is 5.32 Å². The Kier molecular flexibility index (Phi) is 6.65. The van der Waals surface area contributed by atoms with Gasteiger partial charge in [0.2, 0.25) is 21.8 Å². The molecule has 0 unspecified atom stereocenters. The molecule has 9 heteroatoms. The van der Waals surface area contributed by atoms with E-state index in [1.807, 2.05) is 41.3 Å². The lowest BCUT2D eigenvalue weighted by Gasteiger charge is -2.38. The largest absolute Gasteiger partial charge is 0.358 e. The Bertz CT molecular complexity index is 1240. The van der Waals surface area contributed by atoms with Gasteiger partial charge in [-0.3, -0.25) is 14.5 Å². The highest BCUT2D eigenvalue weighted by molar-refractivity contribution is 7.89. The fraction of sp³-hybridized carbons (Fsp3) is 0.462. The standard InChI is InChI=1S/C26H32N4O4S/c1-27-26(32)24-16-21-5-2-3-6-22(21)17-29(24)18-25(31)28-11-13-30(14-12-28)35(33,34)23-10-9-19-7-4-8-20(19)15-23/h2-3,5-6,9-10,15,24H,4,7-8,11-14,16-18H2,1H3,(H,27,32)/t24-/m1/s1. The number of amides is 2. The molecule has 5 rings (SSSR count). The summed E-state index contributed by atoms with van der Waals surface area (Å²) in [6.07, 6.45) is 3.58. The van der Waals surface area contributed by atoms with Crippen molar-refractivity contribution in [1.29, 1.82) is 0 Å². The summed E-state index contributed by atoms with van der Waals surface area (Å²) >= 11 is 0. The second-order valence-corrected chi connectivity index (χ2v) is 11.5. The van der Waals surface area contributed by atoms with Crippen molar-refractivity contribution in [2.45, 2.75) is 43.2 Å². The van der Waals surface area contributed by atoms with E-state index in [-0.39, 0.29) is 31.4 Å². The van der Waals surface area contributed by atoms with Gasteiger partial charge in [0.15, 0.2) is 0 Å². The first-order valence-corrected chi connectivity index (χ1v) is 13.7. The second-order valence-electron chi connectivity index (χ2n) is 9.58. The molecule has 1 atom stereocenters. The zero-order valence-electron chi connectivity index (χ0n) is 20.1. The van der Waals surface area contributed by atoms with Gasteiger partial charge in [-0.05, 0) is 60.1 Å². The van der Waals surface area contributed by atoms with E-state index in [0.29, 0.717) is 31.0 Å². The molecule has 2 aromatic carbocycles. The van der Waals surface area contributed by atoms with Crippen molar-refractivity contribution in [2.24, 2.45) is 0 Å². The Hall–Kier alpha value is -2.75. The lowest BCUT2D eigenvalue weighted by molar-refractivity contribution is -0.136. The van der Waals surface area contributed by atoms with Gasteiger partial charge in [-0.2, -0.15) is 4.31 Å². The molecule has 1 N–H and O–H groups in total. The van der Waals surface area contributed by atoms with Gasteiger partial charge in [0.25, 0.3) is 0 Å². The van der Waals surface area contributed by atoms with Crippen LogP contribution < -0.4 is 5.32 Å². The first kappa shape index (κ1) is 24.0. The molecule has 3 aliphatic rings. The summed E-state index contributed by atoms with van der Waals surface area (Å²) in [5.74, 6) is -0.176. The lowest BCUT2D eigenvalue weighted by Crippen LogP contribution is -2.56. The highest BCUT2D eigenvalue weighted by Gasteiger charge is 2.35. The van der Waals surface area contributed by atoms with E-state index >= 15 is 0 Å². The molecule has 0 aromatic heterocycles. The molecule has 1 aliphatic carbocycles. The van der Waals surface area contributed by atoms with Crippen LogP contribution in [0.1, 0.15) is 28.7 Å². The van der Waals surface area contributed by atoms with Crippen molar-refractivity contribution in [1.82, 2.24) is 19.4 Å². The Morgan fingerprint density at radius 2 is 1.66 bits per heavy atom. The molecule has 1 fully saturated rings. The maximum absolute atomic E-state index is 13.2. The van der Waals surface area contributed by atoms with Crippen molar-refractivity contribution >= 4 is 21.8 Å². The van der Waals surface area contributed by atoms with Crippen molar-refractivity contribution in [3.63, 3.8) is 0 Å². The molecule has 2 aliphatic heterocycles. The Balaban J connectivity index is 1.23. The van der Waals surface area contributed by atoms with Crippen molar-refractivity contribution in [3.05, 3.63) is 64.7 Å². The predicted molar refractivity (Wildman–Crippen MR) is 132 cm³/mol. The van der Waals surface area contributed by atoms with Gasteiger partial charge in [-0.25, -0.2) is 8.42 Å². The molecule has 2 heterocycles. The van der Waals surface area contributed by atoms with Crippen LogP contribution in [-0.4, -0.2) is 80.2 Å². The smallest absolute Gasteiger partial charge is 0.243 e. The van der Waals surface area contributed by atoms with E-state index in [1.165, 1.54) is 9.87 Å². The molecule has 35 heavy (non-hydrogen) atoms. The summed E-state index contributed by atoms with van der Waals surface area (Å²) in [4.78, 5) is 29.7. The number of carbonyl (C=O) groups is 2. The zero-order chi connectivity index (χ0) is 24.6. The van der Waals surface area contributed by atoms with Gasteiger partial charge < -0.3 is 10.2 Å². The van der Waals surface area contributed by atoms with Crippen LogP contribution in [0.5, 0.6) is 0 Å². The van der Waals surface area contributed by atoms with E-state index in [4.69, 9.17) is 0 Å². The Labute approximate surface area is 206 Å². The molecule has 0 radical (unpaired) electrons. The summed E-state index contributed by atoms with van der Waals surface area (Å²) in [6, 6.07) is 13.1. The summed E-state index contributed by atoms with van der Waals surface area (Å²) in [6.45, 7) is 1.90. The third kappa shape index (κ3) is 4.72. The Morgan fingerprint density at radius 1 is 0.943 bits per heavy atom. The zero-order valence-corrected chi connectivity index (χ0v) is 20.9. The molecule has 8 nitrogen and oxygen atoms in total. The van der Waals surface area contributed by atoms with E-state index in [0.717, 1.165) is 36.0 Å². The van der Waals surface area contributed by atoms with Gasteiger partial charge in [0.05, 0.1) is 17.5 Å². The number of fused-ring (bicyclic) bond motifs is 2. The highest BCUT2D eigenvalue weighted by Crippen LogP contribution is 2.27. The minimum atomic E-state index is -3.58. The molecule has 186 valence electrons. The molecule has 2 aromatic rings. The average Bonchev–Trinajstić information content (AvgIpc) is 3.36.